The van der Waals surface area contributed by atoms with E-state index in [4.69, 9.17) is 32.7 Å². The van der Waals surface area contributed by atoms with Crippen LogP contribution in [-0.4, -0.2) is 34.4 Å². The average Bonchev–Trinajstić information content (AvgIpc) is 3.29. The number of thiazole rings is 1. The van der Waals surface area contributed by atoms with Crippen LogP contribution in [0.25, 0.3) is 15.3 Å². The number of aromatic nitrogens is 3. The number of carbonyl (C=O) groups is 1. The van der Waals surface area contributed by atoms with E-state index < -0.39 is 0 Å². The molecule has 0 radical (unpaired) electrons. The molecule has 0 bridgehead atoms. The lowest BCUT2D eigenvalue weighted by atomic mass is 10.3. The van der Waals surface area contributed by atoms with E-state index in [9.17, 15) is 4.79 Å². The Morgan fingerprint density at radius 1 is 1.20 bits per heavy atom. The third-order valence-electron chi connectivity index (χ3n) is 4.12. The Balaban J connectivity index is 1.52. The molecule has 0 fully saturated rings. The van der Waals surface area contributed by atoms with Gasteiger partial charge in [-0.25, -0.2) is 4.98 Å². The van der Waals surface area contributed by atoms with Crippen molar-refractivity contribution >= 4 is 56.5 Å². The molecule has 0 spiro atoms. The van der Waals surface area contributed by atoms with E-state index in [-0.39, 0.29) is 12.5 Å². The number of hydrogen-bond donors (Lipinski definition) is 1. The molecule has 2 aromatic heterocycles. The highest BCUT2D eigenvalue weighted by molar-refractivity contribution is 7.20. The highest BCUT2D eigenvalue weighted by atomic mass is 35.5. The second-order valence-corrected chi connectivity index (χ2v) is 8.18. The topological polar surface area (TPSA) is 78.3 Å². The van der Waals surface area contributed by atoms with Crippen molar-refractivity contribution in [1.82, 2.24) is 14.8 Å². The maximum atomic E-state index is 12.4. The van der Waals surface area contributed by atoms with Crippen LogP contribution in [0, 0.1) is 6.92 Å². The van der Waals surface area contributed by atoms with Gasteiger partial charge in [0.25, 0.3) is 5.91 Å². The van der Waals surface area contributed by atoms with Gasteiger partial charge >= 0.3 is 0 Å². The van der Waals surface area contributed by atoms with Crippen LogP contribution in [0.2, 0.25) is 10.0 Å². The minimum atomic E-state index is -0.357. The summed E-state index contributed by atoms with van der Waals surface area (Å²) in [5.74, 6) is 1.26. The van der Waals surface area contributed by atoms with Crippen molar-refractivity contribution in [3.63, 3.8) is 0 Å². The summed E-state index contributed by atoms with van der Waals surface area (Å²) in [4.78, 5) is 17.0. The molecular weight excluding hydrogens is 447 g/mol. The average molecular weight is 463 g/mol. The van der Waals surface area contributed by atoms with Crippen molar-refractivity contribution in [2.75, 3.05) is 19.0 Å². The first-order chi connectivity index (χ1) is 14.4. The maximum absolute atomic E-state index is 12.4. The minimum absolute atomic E-state index is 0.220. The van der Waals surface area contributed by atoms with Gasteiger partial charge in [-0.05, 0) is 43.3 Å². The zero-order chi connectivity index (χ0) is 21.3. The van der Waals surface area contributed by atoms with Crippen LogP contribution in [0.5, 0.6) is 11.5 Å². The molecule has 7 nitrogen and oxygen atoms in total. The second kappa shape index (κ2) is 8.51. The first-order valence-corrected chi connectivity index (χ1v) is 10.4. The van der Waals surface area contributed by atoms with E-state index in [1.807, 2.05) is 25.1 Å². The molecule has 0 aliphatic heterocycles. The van der Waals surface area contributed by atoms with E-state index in [2.05, 4.69) is 15.4 Å². The van der Waals surface area contributed by atoms with Crippen molar-refractivity contribution in [3.05, 3.63) is 58.2 Å². The number of nitrogens with one attached hydrogen (secondary N) is 1. The normalized spacial score (nSPS) is 10.9. The first kappa shape index (κ1) is 20.5. The molecule has 0 atom stereocenters. The number of fused-ring (bicyclic) bond motifs is 1. The molecule has 2 aromatic carbocycles. The summed E-state index contributed by atoms with van der Waals surface area (Å²) < 4.78 is 13.3. The number of rotatable bonds is 6. The summed E-state index contributed by atoms with van der Waals surface area (Å²) in [5.41, 5.74) is 1.56. The number of anilines is 1. The van der Waals surface area contributed by atoms with E-state index in [0.29, 0.717) is 26.7 Å². The van der Waals surface area contributed by atoms with E-state index in [0.717, 1.165) is 21.7 Å². The Kier molecular flexibility index (Phi) is 5.80. The molecule has 4 rings (SSSR count). The molecule has 2 heterocycles. The lowest BCUT2D eigenvalue weighted by Gasteiger charge is -2.09. The molecule has 30 heavy (non-hydrogen) atoms. The Hall–Kier alpha value is -2.81. The highest BCUT2D eigenvalue weighted by Crippen LogP contribution is 2.30. The monoisotopic (exact) mass is 462 g/mol. The van der Waals surface area contributed by atoms with Crippen LogP contribution >= 0.6 is 34.5 Å². The van der Waals surface area contributed by atoms with Crippen molar-refractivity contribution < 1.29 is 14.3 Å². The van der Waals surface area contributed by atoms with Gasteiger partial charge in [-0.1, -0.05) is 34.5 Å². The summed E-state index contributed by atoms with van der Waals surface area (Å²) in [5, 5.41) is 8.72. The van der Waals surface area contributed by atoms with Gasteiger partial charge in [-0.2, -0.15) is 9.78 Å². The fraction of sp³-hybridized carbons (Fsp3) is 0.150. The third-order valence-corrected chi connectivity index (χ3v) is 5.64. The number of nitrogens with zero attached hydrogens (tertiary/aromatic N) is 3. The van der Waals surface area contributed by atoms with Crippen LogP contribution in [0.4, 0.5) is 5.82 Å². The van der Waals surface area contributed by atoms with Gasteiger partial charge < -0.3 is 14.8 Å². The van der Waals surface area contributed by atoms with E-state index in [1.165, 1.54) is 11.3 Å². The van der Waals surface area contributed by atoms with Crippen molar-refractivity contribution in [1.29, 1.82) is 0 Å². The molecule has 0 saturated heterocycles. The molecule has 0 unspecified atom stereocenters. The molecule has 4 aromatic rings. The van der Waals surface area contributed by atoms with Gasteiger partial charge in [0.15, 0.2) is 6.61 Å². The van der Waals surface area contributed by atoms with Gasteiger partial charge in [0.1, 0.15) is 17.3 Å². The predicted molar refractivity (Wildman–Crippen MR) is 119 cm³/mol. The summed E-state index contributed by atoms with van der Waals surface area (Å²) in [7, 11) is 1.62. The Labute approximate surface area is 186 Å². The van der Waals surface area contributed by atoms with Crippen LogP contribution < -0.4 is 14.8 Å². The fourth-order valence-electron chi connectivity index (χ4n) is 2.76. The molecule has 1 N–H and O–H groups in total. The molecule has 0 saturated carbocycles. The van der Waals surface area contributed by atoms with Gasteiger partial charge in [0, 0.05) is 11.1 Å². The number of aryl methyl sites for hydroxylation is 1. The lowest BCUT2D eigenvalue weighted by molar-refractivity contribution is -0.118. The van der Waals surface area contributed by atoms with Gasteiger partial charge in [-0.3, -0.25) is 4.79 Å². The maximum Gasteiger partial charge on any atom is 0.263 e. The van der Waals surface area contributed by atoms with E-state index >= 15 is 0 Å². The van der Waals surface area contributed by atoms with Crippen LogP contribution in [0.3, 0.4) is 0 Å². The van der Waals surface area contributed by atoms with Crippen molar-refractivity contribution in [2.24, 2.45) is 0 Å². The second-order valence-electron chi connectivity index (χ2n) is 6.32. The third kappa shape index (κ3) is 4.35. The molecule has 0 aliphatic rings. The highest BCUT2D eigenvalue weighted by Gasteiger charge is 2.15. The molecule has 0 aliphatic carbocycles. The number of amides is 1. The number of ether oxygens (including phenoxy) is 2. The van der Waals surface area contributed by atoms with E-state index in [1.54, 1.807) is 36.1 Å². The summed E-state index contributed by atoms with van der Waals surface area (Å²) in [6.07, 6.45) is 0. The van der Waals surface area contributed by atoms with Crippen LogP contribution in [0.1, 0.15) is 5.69 Å². The summed E-state index contributed by atoms with van der Waals surface area (Å²) >= 11 is 13.4. The lowest BCUT2D eigenvalue weighted by Crippen LogP contribution is -2.22. The summed E-state index contributed by atoms with van der Waals surface area (Å²) in [6.45, 7) is 1.62. The van der Waals surface area contributed by atoms with Crippen LogP contribution in [-0.2, 0) is 4.79 Å². The number of benzene rings is 2. The SMILES string of the molecule is COc1ccc2nc(-n3nc(C)cc3NC(=O)COc3ccc(Cl)cc3Cl)sc2c1. The number of carbonyl (C=O) groups excluding carboxylic acids is 1. The largest absolute Gasteiger partial charge is 0.497 e. The van der Waals surface area contributed by atoms with Crippen LogP contribution in [0.15, 0.2) is 42.5 Å². The fourth-order valence-corrected chi connectivity index (χ4v) is 4.18. The quantitative estimate of drug-likeness (QED) is 0.429. The Morgan fingerprint density at radius 2 is 2.03 bits per heavy atom. The first-order valence-electron chi connectivity index (χ1n) is 8.82. The number of hydrogen-bond acceptors (Lipinski definition) is 6. The molecule has 10 heteroatoms. The smallest absolute Gasteiger partial charge is 0.263 e. The molecular formula is C20H16Cl2N4O3S. The molecule has 1 amide bonds. The number of halogens is 2. The van der Waals surface area contributed by atoms with Gasteiger partial charge in [0.05, 0.1) is 28.0 Å². The van der Waals surface area contributed by atoms with Crippen molar-refractivity contribution in [3.8, 4) is 16.6 Å². The summed E-state index contributed by atoms with van der Waals surface area (Å²) in [6, 6.07) is 12.2. The Morgan fingerprint density at radius 3 is 2.80 bits per heavy atom. The predicted octanol–water partition coefficient (Wildman–Crippen LogP) is 5.12. The zero-order valence-electron chi connectivity index (χ0n) is 16.0. The number of methoxy groups -OCH3 is 1. The molecule has 154 valence electrons. The Bertz CT molecular complexity index is 1240. The van der Waals surface area contributed by atoms with Crippen molar-refractivity contribution in [2.45, 2.75) is 6.92 Å². The standard InChI is InChI=1S/C20H16Cl2N4O3S/c1-11-7-18(24-19(27)10-29-16-6-3-12(21)8-14(16)22)26(25-11)20-23-15-5-4-13(28-2)9-17(15)30-20/h3-9H,10H2,1-2H3,(H,24,27). The minimum Gasteiger partial charge on any atom is -0.497 e. The zero-order valence-corrected chi connectivity index (χ0v) is 18.3. The van der Waals surface area contributed by atoms with Gasteiger partial charge in [0.2, 0.25) is 5.13 Å². The van der Waals surface area contributed by atoms with Gasteiger partial charge in [-0.15, -0.1) is 0 Å².